The highest BCUT2D eigenvalue weighted by Crippen LogP contribution is 2.12. The van der Waals surface area contributed by atoms with E-state index < -0.39 is 5.82 Å². The average molecular weight is 344 g/mol. The normalized spacial score (nSPS) is 10.2. The molecule has 0 heterocycles. The largest absolute Gasteiger partial charge is 0.493 e. The Hall–Kier alpha value is -2.89. The number of ether oxygens (including phenoxy) is 1. The number of nitrogens with zero attached hydrogens (tertiary/aromatic N) is 1. The van der Waals surface area contributed by atoms with Crippen molar-refractivity contribution in [2.75, 3.05) is 25.5 Å². The second-order valence-electron chi connectivity index (χ2n) is 5.72. The second-order valence-corrected chi connectivity index (χ2v) is 5.72. The Labute approximate surface area is 146 Å². The maximum Gasteiger partial charge on any atom is 0.243 e. The van der Waals surface area contributed by atoms with Crippen molar-refractivity contribution in [1.29, 1.82) is 0 Å². The van der Waals surface area contributed by atoms with Crippen molar-refractivity contribution < 1.29 is 18.7 Å². The van der Waals surface area contributed by atoms with Gasteiger partial charge in [-0.3, -0.25) is 9.59 Å². The van der Waals surface area contributed by atoms with Crippen LogP contribution < -0.4 is 10.1 Å². The zero-order chi connectivity index (χ0) is 18.2. The molecule has 2 rings (SSSR count). The zero-order valence-corrected chi connectivity index (χ0v) is 14.3. The highest BCUT2D eigenvalue weighted by atomic mass is 19.1. The van der Waals surface area contributed by atoms with Gasteiger partial charge in [0.1, 0.15) is 11.6 Å². The minimum atomic E-state index is -0.435. The van der Waals surface area contributed by atoms with Crippen molar-refractivity contribution in [3.8, 4) is 5.75 Å². The number of likely N-dealkylation sites (N-methyl/N-ethyl adjacent to an activating group) is 1. The van der Waals surface area contributed by atoms with E-state index in [9.17, 15) is 14.0 Å². The molecule has 0 spiro atoms. The molecule has 132 valence electrons. The first kappa shape index (κ1) is 18.4. The minimum Gasteiger partial charge on any atom is -0.493 e. The molecule has 0 saturated heterocycles. The van der Waals surface area contributed by atoms with Gasteiger partial charge in [0.15, 0.2) is 0 Å². The van der Waals surface area contributed by atoms with E-state index in [-0.39, 0.29) is 31.4 Å². The van der Waals surface area contributed by atoms with Gasteiger partial charge in [0.05, 0.1) is 19.6 Å². The van der Waals surface area contributed by atoms with Crippen LogP contribution in [-0.4, -0.2) is 36.9 Å². The first-order valence-electron chi connectivity index (χ1n) is 7.93. The molecule has 2 aromatic carbocycles. The third-order valence-electron chi connectivity index (χ3n) is 3.49. The summed E-state index contributed by atoms with van der Waals surface area (Å²) in [5.41, 5.74) is 1.43. The van der Waals surface area contributed by atoms with Crippen LogP contribution in [0.2, 0.25) is 0 Å². The summed E-state index contributed by atoms with van der Waals surface area (Å²) in [5, 5.41) is 2.55. The monoisotopic (exact) mass is 344 g/mol. The molecule has 0 aliphatic heterocycles. The predicted molar refractivity (Wildman–Crippen MR) is 94.0 cm³/mol. The molecule has 0 aliphatic carbocycles. The Balaban J connectivity index is 1.74. The smallest absolute Gasteiger partial charge is 0.243 e. The molecule has 25 heavy (non-hydrogen) atoms. The number of carbonyl (C=O) groups excluding carboxylic acids is 2. The lowest BCUT2D eigenvalue weighted by Crippen LogP contribution is -2.35. The van der Waals surface area contributed by atoms with Crippen molar-refractivity contribution in [3.05, 3.63) is 59.9 Å². The van der Waals surface area contributed by atoms with Gasteiger partial charge >= 0.3 is 0 Å². The lowest BCUT2D eigenvalue weighted by Gasteiger charge is -2.17. The Morgan fingerprint density at radius 2 is 1.92 bits per heavy atom. The molecular formula is C19H21FN2O3. The Bertz CT molecular complexity index is 749. The number of hydrogen-bond acceptors (Lipinski definition) is 3. The number of carbonyl (C=O) groups is 2. The Morgan fingerprint density at radius 3 is 2.64 bits per heavy atom. The summed E-state index contributed by atoms with van der Waals surface area (Å²) < 4.78 is 18.6. The van der Waals surface area contributed by atoms with Gasteiger partial charge in [0, 0.05) is 12.7 Å². The predicted octanol–water partition coefficient (Wildman–Crippen LogP) is 3.00. The number of anilines is 1. The lowest BCUT2D eigenvalue weighted by molar-refractivity contribution is -0.133. The number of nitrogens with one attached hydrogen (secondary N) is 1. The van der Waals surface area contributed by atoms with E-state index in [2.05, 4.69) is 5.32 Å². The first-order chi connectivity index (χ1) is 11.9. The number of halogens is 1. The van der Waals surface area contributed by atoms with Gasteiger partial charge in [-0.1, -0.05) is 18.2 Å². The van der Waals surface area contributed by atoms with Crippen molar-refractivity contribution in [2.45, 2.75) is 13.3 Å². The van der Waals surface area contributed by atoms with E-state index in [1.165, 1.54) is 23.1 Å². The van der Waals surface area contributed by atoms with Gasteiger partial charge in [-0.2, -0.15) is 0 Å². The van der Waals surface area contributed by atoms with Crippen LogP contribution in [0.1, 0.15) is 12.0 Å². The molecule has 5 nitrogen and oxygen atoms in total. The van der Waals surface area contributed by atoms with Crippen molar-refractivity contribution in [3.63, 3.8) is 0 Å². The van der Waals surface area contributed by atoms with E-state index in [4.69, 9.17) is 4.74 Å². The number of benzene rings is 2. The van der Waals surface area contributed by atoms with Crippen LogP contribution in [0.4, 0.5) is 10.1 Å². The molecule has 0 fully saturated rings. The van der Waals surface area contributed by atoms with Crippen LogP contribution in [0.25, 0.3) is 0 Å². The maximum atomic E-state index is 13.1. The van der Waals surface area contributed by atoms with Crippen LogP contribution in [0.3, 0.4) is 0 Å². The fourth-order valence-electron chi connectivity index (χ4n) is 2.22. The zero-order valence-electron chi connectivity index (χ0n) is 14.3. The van der Waals surface area contributed by atoms with Crippen LogP contribution in [0.5, 0.6) is 5.75 Å². The van der Waals surface area contributed by atoms with Crippen molar-refractivity contribution >= 4 is 17.5 Å². The maximum absolute atomic E-state index is 13.1. The summed E-state index contributed by atoms with van der Waals surface area (Å²) in [4.78, 5) is 25.3. The van der Waals surface area contributed by atoms with Crippen LogP contribution in [-0.2, 0) is 9.59 Å². The Morgan fingerprint density at radius 1 is 1.16 bits per heavy atom. The number of hydrogen-bond donors (Lipinski definition) is 1. The van der Waals surface area contributed by atoms with Gasteiger partial charge < -0.3 is 15.0 Å². The summed E-state index contributed by atoms with van der Waals surface area (Å²) in [5.74, 6) is -0.321. The fraction of sp³-hybridized carbons (Fsp3) is 0.263. The summed E-state index contributed by atoms with van der Waals surface area (Å²) in [7, 11) is 1.54. The molecule has 0 unspecified atom stereocenters. The fourth-order valence-corrected chi connectivity index (χ4v) is 2.22. The molecule has 1 N–H and O–H groups in total. The molecule has 6 heteroatoms. The van der Waals surface area contributed by atoms with Crippen LogP contribution in [0.15, 0.2) is 48.5 Å². The van der Waals surface area contributed by atoms with Gasteiger partial charge in [-0.15, -0.1) is 0 Å². The van der Waals surface area contributed by atoms with E-state index in [0.717, 1.165) is 5.56 Å². The van der Waals surface area contributed by atoms with Crippen LogP contribution in [0, 0.1) is 12.7 Å². The summed E-state index contributed by atoms with van der Waals surface area (Å²) in [6, 6.07) is 13.2. The van der Waals surface area contributed by atoms with E-state index >= 15 is 0 Å². The summed E-state index contributed by atoms with van der Waals surface area (Å²) in [6.07, 6.45) is 0.164. The van der Waals surface area contributed by atoms with E-state index in [1.54, 1.807) is 13.1 Å². The van der Waals surface area contributed by atoms with E-state index in [0.29, 0.717) is 11.4 Å². The Kier molecular flexibility index (Phi) is 6.51. The van der Waals surface area contributed by atoms with Gasteiger partial charge in [0.25, 0.3) is 0 Å². The summed E-state index contributed by atoms with van der Waals surface area (Å²) in [6.45, 7) is 2.08. The number of rotatable bonds is 7. The first-order valence-corrected chi connectivity index (χ1v) is 7.93. The number of amides is 2. The molecule has 0 bridgehead atoms. The van der Waals surface area contributed by atoms with Gasteiger partial charge in [0.2, 0.25) is 11.8 Å². The topological polar surface area (TPSA) is 58.6 Å². The highest BCUT2D eigenvalue weighted by Gasteiger charge is 2.13. The van der Waals surface area contributed by atoms with E-state index in [1.807, 2.05) is 31.2 Å². The summed E-state index contributed by atoms with van der Waals surface area (Å²) >= 11 is 0. The molecule has 0 aromatic heterocycles. The highest BCUT2D eigenvalue weighted by molar-refractivity contribution is 5.94. The SMILES string of the molecule is Cc1cccc(OCCC(=O)N(C)CC(=O)Nc2cccc(F)c2)c1. The van der Waals surface area contributed by atoms with Gasteiger partial charge in [-0.05, 0) is 42.8 Å². The van der Waals surface area contributed by atoms with Gasteiger partial charge in [-0.25, -0.2) is 4.39 Å². The molecular weight excluding hydrogens is 323 g/mol. The van der Waals surface area contributed by atoms with Crippen molar-refractivity contribution in [1.82, 2.24) is 4.90 Å². The molecule has 0 aliphatic rings. The third kappa shape index (κ3) is 6.25. The van der Waals surface area contributed by atoms with Crippen molar-refractivity contribution in [2.24, 2.45) is 0 Å². The molecule has 2 aromatic rings. The minimum absolute atomic E-state index is 0.111. The standard InChI is InChI=1S/C19H21FN2O3/c1-14-5-3-8-17(11-14)25-10-9-19(24)22(2)13-18(23)21-16-7-4-6-15(20)12-16/h3-8,11-12H,9-10,13H2,1-2H3,(H,21,23). The molecule has 0 atom stereocenters. The molecule has 0 radical (unpaired) electrons. The number of aryl methyl sites for hydroxylation is 1. The second kappa shape index (κ2) is 8.82. The molecule has 2 amide bonds. The third-order valence-corrected chi connectivity index (χ3v) is 3.49. The lowest BCUT2D eigenvalue weighted by atomic mass is 10.2. The molecule has 0 saturated carbocycles. The quantitative estimate of drug-likeness (QED) is 0.840. The average Bonchev–Trinajstić information content (AvgIpc) is 2.54. The van der Waals surface area contributed by atoms with Crippen LogP contribution >= 0.6 is 0 Å².